The van der Waals surface area contributed by atoms with Crippen molar-refractivity contribution >= 4 is 113 Å². The molecule has 32 heavy (non-hydrogen) atoms. The van der Waals surface area contributed by atoms with Crippen molar-refractivity contribution in [3.8, 4) is 0 Å². The highest BCUT2D eigenvalue weighted by molar-refractivity contribution is 14.1. The zero-order valence-corrected chi connectivity index (χ0v) is 25.4. The van der Waals surface area contributed by atoms with E-state index in [9.17, 15) is 0 Å². The van der Waals surface area contributed by atoms with Crippen LogP contribution in [0.25, 0.3) is 22.3 Å². The number of rotatable bonds is 4. The average Bonchev–Trinajstić information content (AvgIpc) is 2.78. The minimum absolute atomic E-state index is 1.25. The fourth-order valence-electron chi connectivity index (χ4n) is 4.06. The smallest absolute Gasteiger partial charge is 0.0130 e. The van der Waals surface area contributed by atoms with Crippen LogP contribution in [0.1, 0.15) is 22.3 Å². The average molecular weight is 860 g/mol. The van der Waals surface area contributed by atoms with Crippen LogP contribution in [0.15, 0.2) is 97.1 Å². The Bertz CT molecular complexity index is 1120. The highest BCUT2D eigenvalue weighted by Crippen LogP contribution is 2.56. The Morgan fingerprint density at radius 1 is 0.250 bits per heavy atom. The lowest BCUT2D eigenvalue weighted by Crippen LogP contribution is -2.10. The Kier molecular flexibility index (Phi) is 7.11. The summed E-state index contributed by atoms with van der Waals surface area (Å²) in [6.07, 6.45) is 0. The third-order valence-corrected chi connectivity index (χ3v) is 8.41. The predicted octanol–water partition coefficient (Wildman–Crippen LogP) is 9.64. The molecule has 0 spiro atoms. The third kappa shape index (κ3) is 4.61. The number of halogens is 4. The predicted molar refractivity (Wildman–Crippen MR) is 170 cm³/mol. The van der Waals surface area contributed by atoms with Gasteiger partial charge in [-0.15, -0.1) is 0 Å². The summed E-state index contributed by atoms with van der Waals surface area (Å²) in [4.78, 5) is 0. The lowest BCUT2D eigenvalue weighted by Gasteiger charge is -2.33. The summed E-state index contributed by atoms with van der Waals surface area (Å²) in [5.74, 6) is 0. The van der Waals surface area contributed by atoms with E-state index in [1.165, 1.54) is 58.8 Å². The van der Waals surface area contributed by atoms with E-state index in [-0.39, 0.29) is 0 Å². The maximum Gasteiger partial charge on any atom is 0.0130 e. The quantitative estimate of drug-likeness (QED) is 0.180. The lowest BCUT2D eigenvalue weighted by atomic mass is 9.69. The number of hydrogen-bond donors (Lipinski definition) is 0. The largest absolute Gasteiger partial charge is 0.0533 e. The zero-order valence-electron chi connectivity index (χ0n) is 16.7. The molecule has 0 saturated heterocycles. The molecule has 0 saturated carbocycles. The molecule has 0 fully saturated rings. The van der Waals surface area contributed by atoms with Gasteiger partial charge in [0.1, 0.15) is 0 Å². The van der Waals surface area contributed by atoms with Crippen molar-refractivity contribution in [2.24, 2.45) is 0 Å². The van der Waals surface area contributed by atoms with E-state index in [4.69, 9.17) is 0 Å². The SMILES string of the molecule is Ic1ccc(C2=C(c3ccc(I)cc3)C(c3ccc(I)cc3)=C2c2ccc(I)cc2)cc1. The molecule has 0 aromatic heterocycles. The lowest BCUT2D eigenvalue weighted by molar-refractivity contribution is 1.49. The van der Waals surface area contributed by atoms with Gasteiger partial charge < -0.3 is 0 Å². The van der Waals surface area contributed by atoms with Gasteiger partial charge in [-0.25, -0.2) is 0 Å². The van der Waals surface area contributed by atoms with Crippen molar-refractivity contribution in [3.63, 3.8) is 0 Å². The van der Waals surface area contributed by atoms with E-state index in [0.717, 1.165) is 0 Å². The van der Waals surface area contributed by atoms with Crippen molar-refractivity contribution in [2.45, 2.75) is 0 Å². The Morgan fingerprint density at radius 2 is 0.406 bits per heavy atom. The van der Waals surface area contributed by atoms with Crippen LogP contribution in [0.3, 0.4) is 0 Å². The van der Waals surface area contributed by atoms with Crippen molar-refractivity contribution in [2.75, 3.05) is 0 Å². The van der Waals surface area contributed by atoms with Gasteiger partial charge in [0.2, 0.25) is 0 Å². The molecule has 0 amide bonds. The minimum atomic E-state index is 1.25. The van der Waals surface area contributed by atoms with Crippen LogP contribution >= 0.6 is 90.4 Å². The molecule has 1 aliphatic rings. The summed E-state index contributed by atoms with van der Waals surface area (Å²) in [5.41, 5.74) is 10.4. The Balaban J connectivity index is 1.79. The van der Waals surface area contributed by atoms with E-state index >= 15 is 0 Å². The maximum atomic E-state index is 2.38. The summed E-state index contributed by atoms with van der Waals surface area (Å²) < 4.78 is 5.00. The highest BCUT2D eigenvalue weighted by Gasteiger charge is 2.33. The standard InChI is InChI=1S/C28H16I4/c29-21-9-1-17(2-10-21)25-26(18-3-11-22(30)12-4-18)28(20-7-15-24(32)16-8-20)27(25)19-5-13-23(31)14-6-19/h1-16H. The molecule has 0 unspecified atom stereocenters. The van der Waals surface area contributed by atoms with Gasteiger partial charge in [0.05, 0.1) is 0 Å². The van der Waals surface area contributed by atoms with Gasteiger partial charge in [-0.2, -0.15) is 0 Å². The van der Waals surface area contributed by atoms with Gasteiger partial charge in [-0.3, -0.25) is 0 Å². The molecule has 0 radical (unpaired) electrons. The van der Waals surface area contributed by atoms with E-state index in [1.54, 1.807) is 0 Å². The van der Waals surface area contributed by atoms with Gasteiger partial charge in [-0.05, 0) is 183 Å². The van der Waals surface area contributed by atoms with Crippen LogP contribution < -0.4 is 0 Å². The first-order valence-corrected chi connectivity index (χ1v) is 14.4. The van der Waals surface area contributed by atoms with Crippen LogP contribution in [0, 0.1) is 14.3 Å². The third-order valence-electron chi connectivity index (χ3n) is 5.53. The van der Waals surface area contributed by atoms with Crippen molar-refractivity contribution in [3.05, 3.63) is 134 Å². The summed E-state index contributed by atoms with van der Waals surface area (Å²) in [5, 5.41) is 0. The molecule has 0 atom stereocenters. The summed E-state index contributed by atoms with van der Waals surface area (Å²) >= 11 is 9.51. The fraction of sp³-hybridized carbons (Fsp3) is 0. The van der Waals surface area contributed by atoms with Crippen LogP contribution in [0.2, 0.25) is 0 Å². The van der Waals surface area contributed by atoms with Gasteiger partial charge >= 0.3 is 0 Å². The monoisotopic (exact) mass is 860 g/mol. The molecule has 0 aliphatic heterocycles. The first-order valence-electron chi connectivity index (χ1n) is 10.0. The van der Waals surface area contributed by atoms with E-state index in [2.05, 4.69) is 187 Å². The highest BCUT2D eigenvalue weighted by atomic mass is 127. The molecule has 1 aliphatic carbocycles. The van der Waals surface area contributed by atoms with Gasteiger partial charge in [0.25, 0.3) is 0 Å². The second-order valence-corrected chi connectivity index (χ2v) is 12.5. The number of hydrogen-bond acceptors (Lipinski definition) is 0. The van der Waals surface area contributed by atoms with Gasteiger partial charge in [0, 0.05) is 14.3 Å². The van der Waals surface area contributed by atoms with Gasteiger partial charge in [0.15, 0.2) is 0 Å². The molecule has 4 aromatic rings. The first kappa shape index (κ1) is 23.0. The molecular weight excluding hydrogens is 844 g/mol. The summed E-state index contributed by atoms with van der Waals surface area (Å²) in [6, 6.07) is 35.6. The Morgan fingerprint density at radius 3 is 0.562 bits per heavy atom. The summed E-state index contributed by atoms with van der Waals surface area (Å²) in [7, 11) is 0. The molecular formula is C28H16I4. The van der Waals surface area contributed by atoms with Crippen molar-refractivity contribution < 1.29 is 0 Å². The van der Waals surface area contributed by atoms with Crippen LogP contribution in [0.4, 0.5) is 0 Å². The number of allylic oxidation sites excluding steroid dienone is 4. The second kappa shape index (κ2) is 9.87. The molecule has 156 valence electrons. The van der Waals surface area contributed by atoms with Gasteiger partial charge in [-0.1, -0.05) is 48.5 Å². The maximum absolute atomic E-state index is 2.38. The van der Waals surface area contributed by atoms with Crippen LogP contribution in [-0.2, 0) is 0 Å². The van der Waals surface area contributed by atoms with Crippen molar-refractivity contribution in [1.82, 2.24) is 0 Å². The Labute approximate surface area is 243 Å². The zero-order chi connectivity index (χ0) is 22.2. The van der Waals surface area contributed by atoms with E-state index in [1.807, 2.05) is 0 Å². The van der Waals surface area contributed by atoms with E-state index in [0.29, 0.717) is 0 Å². The molecule has 4 aromatic carbocycles. The molecule has 0 N–H and O–H groups in total. The topological polar surface area (TPSA) is 0 Å². The second-order valence-electron chi connectivity index (χ2n) is 7.53. The normalized spacial score (nSPS) is 13.4. The first-order chi connectivity index (χ1) is 15.5. The van der Waals surface area contributed by atoms with Crippen molar-refractivity contribution in [1.29, 1.82) is 0 Å². The van der Waals surface area contributed by atoms with Crippen LogP contribution in [-0.4, -0.2) is 0 Å². The molecule has 0 bridgehead atoms. The molecule has 4 heteroatoms. The molecule has 0 heterocycles. The summed E-state index contributed by atoms with van der Waals surface area (Å²) in [6.45, 7) is 0. The fourth-order valence-corrected chi connectivity index (χ4v) is 5.50. The Hall–Kier alpha value is -0.720. The number of benzene rings is 4. The molecule has 5 rings (SSSR count). The van der Waals surface area contributed by atoms with Crippen LogP contribution in [0.5, 0.6) is 0 Å². The molecule has 0 nitrogen and oxygen atoms in total. The minimum Gasteiger partial charge on any atom is -0.0533 e. The van der Waals surface area contributed by atoms with E-state index < -0.39 is 0 Å².